The van der Waals surface area contributed by atoms with Crippen LogP contribution >= 0.6 is 11.6 Å². The molecule has 332 valence electrons. The van der Waals surface area contributed by atoms with Crippen molar-refractivity contribution in [3.05, 3.63) is 80.7 Å². The van der Waals surface area contributed by atoms with Crippen LogP contribution in [0.5, 0.6) is 5.75 Å². The first-order valence-electron chi connectivity index (χ1n) is 22.2. The fraction of sp³-hybridized carbons (Fsp3) is 0.500. The van der Waals surface area contributed by atoms with Gasteiger partial charge in [-0.3, -0.25) is 29.3 Å². The van der Waals surface area contributed by atoms with Crippen molar-refractivity contribution in [2.75, 3.05) is 50.1 Å². The van der Waals surface area contributed by atoms with E-state index in [2.05, 4.69) is 42.9 Å². The Bertz CT molecular complexity index is 2490. The summed E-state index contributed by atoms with van der Waals surface area (Å²) >= 11 is 6.60. The molecular formula is C46H54ClN9O7. The van der Waals surface area contributed by atoms with Gasteiger partial charge in [0.25, 0.3) is 17.4 Å². The lowest BCUT2D eigenvalue weighted by Gasteiger charge is -2.47. The van der Waals surface area contributed by atoms with Gasteiger partial charge in [0.05, 0.1) is 23.9 Å². The number of likely N-dealkylation sites (tertiary alicyclic amines) is 1. The highest BCUT2D eigenvalue weighted by Gasteiger charge is 2.41. The van der Waals surface area contributed by atoms with Gasteiger partial charge in [-0.15, -0.1) is 0 Å². The van der Waals surface area contributed by atoms with Crippen LogP contribution in [-0.4, -0.2) is 112 Å². The predicted molar refractivity (Wildman–Crippen MR) is 238 cm³/mol. The van der Waals surface area contributed by atoms with Crippen molar-refractivity contribution < 1.29 is 28.7 Å². The Balaban J connectivity index is 0.739. The van der Waals surface area contributed by atoms with E-state index in [9.17, 15) is 24.0 Å². The number of halogens is 1. The molecule has 0 bridgehead atoms. The summed E-state index contributed by atoms with van der Waals surface area (Å²) in [6.45, 7) is 7.60. The molecular weight excluding hydrogens is 826 g/mol. The summed E-state index contributed by atoms with van der Waals surface area (Å²) in [6.07, 6.45) is 8.67. The second-order valence-electron chi connectivity index (χ2n) is 17.7. The first-order valence-corrected chi connectivity index (χ1v) is 22.5. The normalized spacial score (nSPS) is 22.3. The number of ether oxygens (including phenoxy) is 2. The van der Waals surface area contributed by atoms with Gasteiger partial charge >= 0.3 is 0 Å². The standard InChI is InChI=1S/C46H54ClN9O7/c1-26(2)56-37-7-5-31(19-29(37)20-39(45(56)61)62-25-41(58)48-3)50-42-36(47)23-49-46(52-42)54-16-12-33(13-17-54)63-34-21-32(22-34)53-14-10-27(11-15-53)28-4-6-35-30(18-28)24-55(44(35)60)38-8-9-40(57)51-43(38)59/h4-7,18-20,23,26-27,32-34,38H,8-17,21-22,24-25H2,1-3H3,(H,48,58)(H,49,50,52)(H,51,57,59)/t32?,34?,38-/m1/s1. The largest absolute Gasteiger partial charge is 0.478 e. The van der Waals surface area contributed by atoms with Crippen molar-refractivity contribution in [2.45, 2.75) is 108 Å². The van der Waals surface area contributed by atoms with Crippen LogP contribution < -0.4 is 31.1 Å². The van der Waals surface area contributed by atoms with Crippen LogP contribution in [0, 0.1) is 0 Å². The number of rotatable bonds is 12. The highest BCUT2D eigenvalue weighted by Crippen LogP contribution is 2.38. The number of pyridine rings is 1. The minimum Gasteiger partial charge on any atom is -0.478 e. The zero-order valence-corrected chi connectivity index (χ0v) is 36.7. The Morgan fingerprint density at radius 1 is 0.952 bits per heavy atom. The summed E-state index contributed by atoms with van der Waals surface area (Å²) < 4.78 is 13.9. The molecule has 0 radical (unpaired) electrons. The topological polar surface area (TPSA) is 180 Å². The lowest BCUT2D eigenvalue weighted by Crippen LogP contribution is -2.52. The number of nitrogens with zero attached hydrogens (tertiary/aromatic N) is 6. The molecule has 4 aliphatic heterocycles. The van der Waals surface area contributed by atoms with E-state index >= 15 is 0 Å². The Morgan fingerprint density at radius 3 is 2.46 bits per heavy atom. The van der Waals surface area contributed by atoms with Crippen molar-refractivity contribution in [2.24, 2.45) is 0 Å². The SMILES string of the molecule is CNC(=O)COc1cc2cc(Nc3nc(N4CCC(OC5CC(N6CCC(c7ccc8c(c7)CN([C@@H]7CCC(=O)NC7=O)C8=O)CC6)C5)CC4)ncc3Cl)ccc2n(C(C)C)c1=O. The molecule has 4 aromatic rings. The van der Waals surface area contributed by atoms with Crippen LogP contribution in [-0.2, 0) is 25.7 Å². The second-order valence-corrected chi connectivity index (χ2v) is 18.1. The molecule has 1 aliphatic carbocycles. The molecule has 1 atom stereocenters. The number of carbonyl (C=O) groups is 4. The maximum absolute atomic E-state index is 13.2. The Labute approximate surface area is 370 Å². The summed E-state index contributed by atoms with van der Waals surface area (Å²) in [4.78, 5) is 78.2. The van der Waals surface area contributed by atoms with Gasteiger partial charge in [0.2, 0.25) is 17.8 Å². The van der Waals surface area contributed by atoms with Crippen LogP contribution in [0.1, 0.15) is 98.7 Å². The smallest absolute Gasteiger partial charge is 0.293 e. The summed E-state index contributed by atoms with van der Waals surface area (Å²) in [5.41, 5.74) is 4.05. The summed E-state index contributed by atoms with van der Waals surface area (Å²) in [7, 11) is 1.52. The summed E-state index contributed by atoms with van der Waals surface area (Å²) in [5.74, 6) is 0.474. The van der Waals surface area contributed by atoms with Gasteiger partial charge in [-0.25, -0.2) is 4.98 Å². The number of fused-ring (bicyclic) bond motifs is 2. The fourth-order valence-electron chi connectivity index (χ4n) is 9.82. The zero-order chi connectivity index (χ0) is 43.9. The minimum absolute atomic E-state index is 0.0955. The van der Waals surface area contributed by atoms with Gasteiger partial charge in [-0.1, -0.05) is 23.7 Å². The molecule has 0 spiro atoms. The van der Waals surface area contributed by atoms with Gasteiger partial charge in [0, 0.05) is 61.8 Å². The second kappa shape index (κ2) is 17.9. The van der Waals surface area contributed by atoms with Gasteiger partial charge in [-0.05, 0) is 119 Å². The highest BCUT2D eigenvalue weighted by atomic mass is 35.5. The molecule has 16 nitrogen and oxygen atoms in total. The number of aromatic nitrogens is 3. The van der Waals surface area contributed by atoms with Crippen LogP contribution in [0.3, 0.4) is 0 Å². The molecule has 4 fully saturated rings. The van der Waals surface area contributed by atoms with E-state index in [1.54, 1.807) is 21.7 Å². The number of likely N-dealkylation sites (N-methyl/N-ethyl adjacent to an activating group) is 1. The summed E-state index contributed by atoms with van der Waals surface area (Å²) in [6, 6.07) is 13.3. The van der Waals surface area contributed by atoms with E-state index in [4.69, 9.17) is 26.1 Å². The Hall–Kier alpha value is -5.58. The average Bonchev–Trinajstić information content (AvgIpc) is 3.59. The van der Waals surface area contributed by atoms with E-state index < -0.39 is 6.04 Å². The van der Waals surface area contributed by atoms with Crippen molar-refractivity contribution in [1.82, 2.24) is 35.0 Å². The molecule has 17 heteroatoms. The van der Waals surface area contributed by atoms with E-state index in [0.29, 0.717) is 47.3 Å². The van der Waals surface area contributed by atoms with Crippen molar-refractivity contribution >= 4 is 63.6 Å². The number of nitrogens with one attached hydrogen (secondary N) is 3. The molecule has 1 saturated carbocycles. The molecule has 2 aromatic carbocycles. The third-order valence-electron chi connectivity index (χ3n) is 13.4. The third kappa shape index (κ3) is 8.85. The maximum atomic E-state index is 13.2. The van der Waals surface area contributed by atoms with Crippen LogP contribution in [0.4, 0.5) is 17.5 Å². The first kappa shape index (κ1) is 42.7. The molecule has 3 N–H and O–H groups in total. The third-order valence-corrected chi connectivity index (χ3v) is 13.7. The number of imide groups is 1. The van der Waals surface area contributed by atoms with E-state index in [1.807, 2.05) is 38.1 Å². The Kier molecular flexibility index (Phi) is 12.1. The fourth-order valence-corrected chi connectivity index (χ4v) is 9.96. The molecule has 4 amide bonds. The summed E-state index contributed by atoms with van der Waals surface area (Å²) in [5, 5.41) is 9.36. The lowest BCUT2D eigenvalue weighted by molar-refractivity contribution is -0.137. The van der Waals surface area contributed by atoms with E-state index in [-0.39, 0.29) is 66.2 Å². The number of anilines is 3. The van der Waals surface area contributed by atoms with Crippen LogP contribution in [0.15, 0.2) is 53.5 Å². The number of piperidine rings is 3. The lowest BCUT2D eigenvalue weighted by atomic mass is 9.83. The number of amides is 4. The number of hydrogen-bond acceptors (Lipinski definition) is 12. The number of benzene rings is 2. The first-order chi connectivity index (χ1) is 30.4. The molecule has 5 aliphatic rings. The Morgan fingerprint density at radius 2 is 1.73 bits per heavy atom. The van der Waals surface area contributed by atoms with Crippen molar-refractivity contribution in [1.29, 1.82) is 0 Å². The highest BCUT2D eigenvalue weighted by molar-refractivity contribution is 6.33. The molecule has 0 unspecified atom stereocenters. The maximum Gasteiger partial charge on any atom is 0.293 e. The zero-order valence-electron chi connectivity index (χ0n) is 35.9. The van der Waals surface area contributed by atoms with E-state index in [1.165, 1.54) is 12.6 Å². The van der Waals surface area contributed by atoms with Crippen molar-refractivity contribution in [3.63, 3.8) is 0 Å². The van der Waals surface area contributed by atoms with Gasteiger partial charge < -0.3 is 39.4 Å². The monoisotopic (exact) mass is 879 g/mol. The molecule has 6 heterocycles. The minimum atomic E-state index is -0.597. The predicted octanol–water partition coefficient (Wildman–Crippen LogP) is 5.05. The molecule has 3 saturated heterocycles. The number of carbonyl (C=O) groups excluding carboxylic acids is 4. The molecule has 2 aromatic heterocycles. The molecule has 9 rings (SSSR count). The average molecular weight is 880 g/mol. The molecule has 63 heavy (non-hydrogen) atoms. The van der Waals surface area contributed by atoms with Crippen molar-refractivity contribution in [3.8, 4) is 5.75 Å². The van der Waals surface area contributed by atoms with Crippen LogP contribution in [0.2, 0.25) is 5.02 Å². The van der Waals surface area contributed by atoms with Gasteiger partial charge in [0.1, 0.15) is 11.1 Å². The van der Waals surface area contributed by atoms with Gasteiger partial charge in [0.15, 0.2) is 18.2 Å². The van der Waals surface area contributed by atoms with E-state index in [0.717, 1.165) is 86.9 Å². The number of hydrogen-bond donors (Lipinski definition) is 3. The van der Waals surface area contributed by atoms with Gasteiger partial charge in [-0.2, -0.15) is 4.98 Å². The quantitative estimate of drug-likeness (QED) is 0.162. The van der Waals surface area contributed by atoms with Crippen LogP contribution in [0.25, 0.3) is 10.9 Å².